The molecular formula is C19H22N4O2. The van der Waals surface area contributed by atoms with E-state index in [1.165, 1.54) is 0 Å². The number of benzene rings is 1. The standard InChI is InChI=1S/C19H22N4O2/c1-3-16-14(12-6-4-5-7-17(12)25-16)11-23(2)19(24)18-13-10-20-9-8-15(13)21-22-18/h4-7,20H,3,8-11H2,1-2H3,(H,21,22). The van der Waals surface area contributed by atoms with Crippen molar-refractivity contribution in [3.05, 3.63) is 52.5 Å². The molecule has 3 heterocycles. The van der Waals surface area contributed by atoms with Gasteiger partial charge in [0.1, 0.15) is 11.3 Å². The largest absolute Gasteiger partial charge is 0.461 e. The lowest BCUT2D eigenvalue weighted by Crippen LogP contribution is -2.30. The summed E-state index contributed by atoms with van der Waals surface area (Å²) in [5.41, 5.74) is 4.54. The number of carbonyl (C=O) groups is 1. The average molecular weight is 338 g/mol. The Morgan fingerprint density at radius 1 is 1.36 bits per heavy atom. The van der Waals surface area contributed by atoms with Crippen LogP contribution in [0.4, 0.5) is 0 Å². The molecule has 0 aliphatic carbocycles. The van der Waals surface area contributed by atoms with Gasteiger partial charge in [0.2, 0.25) is 0 Å². The fourth-order valence-electron chi connectivity index (χ4n) is 3.50. The lowest BCUT2D eigenvalue weighted by molar-refractivity contribution is 0.0778. The van der Waals surface area contributed by atoms with Crippen LogP contribution in [0.25, 0.3) is 11.0 Å². The number of aromatic amines is 1. The second kappa shape index (κ2) is 6.37. The lowest BCUT2D eigenvalue weighted by Gasteiger charge is -2.18. The van der Waals surface area contributed by atoms with Gasteiger partial charge in [-0.2, -0.15) is 5.10 Å². The van der Waals surface area contributed by atoms with Crippen LogP contribution in [0, 0.1) is 0 Å². The summed E-state index contributed by atoms with van der Waals surface area (Å²) in [6, 6.07) is 7.98. The van der Waals surface area contributed by atoms with Gasteiger partial charge in [0.15, 0.2) is 5.69 Å². The van der Waals surface area contributed by atoms with Crippen LogP contribution in [0.1, 0.15) is 40.0 Å². The number of H-pyrrole nitrogens is 1. The minimum absolute atomic E-state index is 0.0615. The monoisotopic (exact) mass is 338 g/mol. The average Bonchev–Trinajstić information content (AvgIpc) is 3.22. The third kappa shape index (κ3) is 2.72. The molecule has 25 heavy (non-hydrogen) atoms. The first-order valence-electron chi connectivity index (χ1n) is 8.70. The number of amides is 1. The molecule has 0 radical (unpaired) electrons. The van der Waals surface area contributed by atoms with Gasteiger partial charge in [-0.25, -0.2) is 0 Å². The van der Waals surface area contributed by atoms with Gasteiger partial charge in [-0.1, -0.05) is 25.1 Å². The summed E-state index contributed by atoms with van der Waals surface area (Å²) in [5.74, 6) is 0.875. The number of aromatic nitrogens is 2. The van der Waals surface area contributed by atoms with E-state index in [1.54, 1.807) is 4.90 Å². The van der Waals surface area contributed by atoms with E-state index >= 15 is 0 Å². The Labute approximate surface area is 146 Å². The van der Waals surface area contributed by atoms with Crippen molar-refractivity contribution in [3.63, 3.8) is 0 Å². The first-order chi connectivity index (χ1) is 12.2. The van der Waals surface area contributed by atoms with Crippen molar-refractivity contribution in [2.45, 2.75) is 32.9 Å². The highest BCUT2D eigenvalue weighted by Gasteiger charge is 2.25. The first kappa shape index (κ1) is 15.9. The topological polar surface area (TPSA) is 74.2 Å². The number of rotatable bonds is 4. The molecule has 130 valence electrons. The normalized spacial score (nSPS) is 13.8. The zero-order chi connectivity index (χ0) is 17.4. The summed E-state index contributed by atoms with van der Waals surface area (Å²) in [5, 5.41) is 11.7. The van der Waals surface area contributed by atoms with Crippen LogP contribution in [0.15, 0.2) is 28.7 Å². The van der Waals surface area contributed by atoms with Crippen molar-refractivity contribution < 1.29 is 9.21 Å². The smallest absolute Gasteiger partial charge is 0.274 e. The van der Waals surface area contributed by atoms with E-state index in [0.29, 0.717) is 18.8 Å². The number of hydrogen-bond acceptors (Lipinski definition) is 4. The summed E-state index contributed by atoms with van der Waals surface area (Å²) in [4.78, 5) is 14.6. The molecule has 1 aliphatic heterocycles. The van der Waals surface area contributed by atoms with Gasteiger partial charge >= 0.3 is 0 Å². The van der Waals surface area contributed by atoms with Crippen molar-refractivity contribution in [2.24, 2.45) is 0 Å². The van der Waals surface area contributed by atoms with E-state index in [2.05, 4.69) is 22.4 Å². The number of aryl methyl sites for hydroxylation is 1. The molecule has 0 atom stereocenters. The van der Waals surface area contributed by atoms with Gasteiger partial charge in [0.25, 0.3) is 5.91 Å². The van der Waals surface area contributed by atoms with E-state index in [9.17, 15) is 4.79 Å². The number of hydrogen-bond donors (Lipinski definition) is 2. The van der Waals surface area contributed by atoms with Crippen LogP contribution in [0.2, 0.25) is 0 Å². The first-order valence-corrected chi connectivity index (χ1v) is 8.70. The Bertz CT molecular complexity index is 925. The van der Waals surface area contributed by atoms with E-state index in [1.807, 2.05) is 31.3 Å². The molecule has 4 rings (SSSR count). The third-order valence-corrected chi connectivity index (χ3v) is 4.85. The van der Waals surface area contributed by atoms with Gasteiger partial charge in [0, 0.05) is 61.7 Å². The number of fused-ring (bicyclic) bond motifs is 2. The molecule has 0 spiro atoms. The number of nitrogens with zero attached hydrogens (tertiary/aromatic N) is 2. The van der Waals surface area contributed by atoms with Crippen LogP contribution in [-0.2, 0) is 25.9 Å². The highest BCUT2D eigenvalue weighted by atomic mass is 16.3. The van der Waals surface area contributed by atoms with Crippen LogP contribution in [0.5, 0.6) is 0 Å². The molecule has 2 N–H and O–H groups in total. The van der Waals surface area contributed by atoms with Gasteiger partial charge in [-0.15, -0.1) is 0 Å². The van der Waals surface area contributed by atoms with Crippen LogP contribution >= 0.6 is 0 Å². The Kier molecular flexibility index (Phi) is 4.05. The molecule has 0 saturated carbocycles. The Morgan fingerprint density at radius 3 is 3.04 bits per heavy atom. The summed E-state index contributed by atoms with van der Waals surface area (Å²) in [7, 11) is 1.82. The van der Waals surface area contributed by atoms with E-state index < -0.39 is 0 Å². The molecular weight excluding hydrogens is 316 g/mol. The predicted molar refractivity (Wildman–Crippen MR) is 95.4 cm³/mol. The molecule has 0 bridgehead atoms. The van der Waals surface area contributed by atoms with Gasteiger partial charge in [0.05, 0.1) is 0 Å². The molecule has 6 nitrogen and oxygen atoms in total. The predicted octanol–water partition coefficient (Wildman–Crippen LogP) is 2.64. The SMILES string of the molecule is CCc1oc2ccccc2c1CN(C)C(=O)c1n[nH]c2c1CNCC2. The summed E-state index contributed by atoms with van der Waals surface area (Å²) in [6.07, 6.45) is 1.68. The highest BCUT2D eigenvalue weighted by molar-refractivity contribution is 5.94. The van der Waals surface area contributed by atoms with Gasteiger partial charge < -0.3 is 14.6 Å². The van der Waals surface area contributed by atoms with Gasteiger partial charge in [-0.3, -0.25) is 9.89 Å². The van der Waals surface area contributed by atoms with Crippen LogP contribution < -0.4 is 5.32 Å². The van der Waals surface area contributed by atoms with E-state index in [-0.39, 0.29) is 5.91 Å². The molecule has 1 amide bonds. The molecule has 2 aromatic heterocycles. The quantitative estimate of drug-likeness (QED) is 0.767. The molecule has 3 aromatic rings. The number of carbonyl (C=O) groups excluding carboxylic acids is 1. The van der Waals surface area contributed by atoms with E-state index in [4.69, 9.17) is 4.42 Å². The van der Waals surface area contributed by atoms with Crippen molar-refractivity contribution in [1.82, 2.24) is 20.4 Å². The van der Waals surface area contributed by atoms with Crippen molar-refractivity contribution in [3.8, 4) is 0 Å². The number of nitrogens with one attached hydrogen (secondary N) is 2. The molecule has 1 aromatic carbocycles. The zero-order valence-electron chi connectivity index (χ0n) is 14.6. The summed E-state index contributed by atoms with van der Waals surface area (Å²) >= 11 is 0. The lowest BCUT2D eigenvalue weighted by atomic mass is 10.1. The molecule has 6 heteroatoms. The Morgan fingerprint density at radius 2 is 2.20 bits per heavy atom. The molecule has 0 saturated heterocycles. The second-order valence-corrected chi connectivity index (χ2v) is 6.47. The van der Waals surface area contributed by atoms with Crippen molar-refractivity contribution in [1.29, 1.82) is 0 Å². The maximum absolute atomic E-state index is 12.9. The second-order valence-electron chi connectivity index (χ2n) is 6.47. The molecule has 1 aliphatic rings. The Balaban J connectivity index is 1.63. The fraction of sp³-hybridized carbons (Fsp3) is 0.368. The zero-order valence-corrected chi connectivity index (χ0v) is 14.6. The maximum atomic E-state index is 12.9. The fourth-order valence-corrected chi connectivity index (χ4v) is 3.50. The Hall–Kier alpha value is -2.60. The minimum Gasteiger partial charge on any atom is -0.461 e. The van der Waals surface area contributed by atoms with Crippen molar-refractivity contribution in [2.75, 3.05) is 13.6 Å². The molecule has 0 unspecified atom stereocenters. The summed E-state index contributed by atoms with van der Waals surface area (Å²) in [6.45, 7) is 4.18. The molecule has 0 fully saturated rings. The number of para-hydroxylation sites is 1. The van der Waals surface area contributed by atoms with Crippen LogP contribution in [0.3, 0.4) is 0 Å². The van der Waals surface area contributed by atoms with E-state index in [0.717, 1.165) is 52.9 Å². The summed E-state index contributed by atoms with van der Waals surface area (Å²) < 4.78 is 5.94. The maximum Gasteiger partial charge on any atom is 0.274 e. The minimum atomic E-state index is -0.0615. The number of furan rings is 1. The third-order valence-electron chi connectivity index (χ3n) is 4.85. The van der Waals surface area contributed by atoms with Crippen LogP contribution in [-0.4, -0.2) is 34.6 Å². The highest BCUT2D eigenvalue weighted by Crippen LogP contribution is 2.28. The van der Waals surface area contributed by atoms with Crippen molar-refractivity contribution >= 4 is 16.9 Å². The van der Waals surface area contributed by atoms with Gasteiger partial charge in [-0.05, 0) is 6.07 Å².